The molecule has 72 valence electrons. The highest BCUT2D eigenvalue weighted by Crippen LogP contribution is 2.15. The largest absolute Gasteiger partial charge is 0.371 e. The number of hydrogen-bond acceptors (Lipinski definition) is 3. The standard InChI is InChI=1S/C9H13BrN2O/c1-2-13-9(5-11)8-4-3-7(10)6-12-8/h3-4,6,9H,2,5,11H2,1H3. The molecule has 0 bridgehead atoms. The molecule has 4 heteroatoms. The van der Waals surface area contributed by atoms with Crippen LogP contribution >= 0.6 is 15.9 Å². The van der Waals surface area contributed by atoms with Gasteiger partial charge in [0.1, 0.15) is 6.10 Å². The third-order valence-electron chi connectivity index (χ3n) is 1.66. The number of halogens is 1. The van der Waals surface area contributed by atoms with E-state index in [2.05, 4.69) is 20.9 Å². The third kappa shape index (κ3) is 3.06. The van der Waals surface area contributed by atoms with E-state index in [0.717, 1.165) is 10.2 Å². The van der Waals surface area contributed by atoms with Crippen molar-refractivity contribution in [3.63, 3.8) is 0 Å². The highest BCUT2D eigenvalue weighted by Gasteiger charge is 2.09. The Labute approximate surface area is 86.4 Å². The predicted molar refractivity (Wildman–Crippen MR) is 55.4 cm³/mol. The van der Waals surface area contributed by atoms with Crippen LogP contribution in [0.2, 0.25) is 0 Å². The summed E-state index contributed by atoms with van der Waals surface area (Å²) in [5.74, 6) is 0. The molecule has 0 aliphatic heterocycles. The van der Waals surface area contributed by atoms with Gasteiger partial charge in [0.2, 0.25) is 0 Å². The number of rotatable bonds is 4. The first-order chi connectivity index (χ1) is 6.27. The first-order valence-electron chi connectivity index (χ1n) is 4.21. The van der Waals surface area contributed by atoms with Crippen LogP contribution < -0.4 is 5.73 Å². The molecule has 0 spiro atoms. The Balaban J connectivity index is 2.73. The van der Waals surface area contributed by atoms with Crippen LogP contribution in [0.25, 0.3) is 0 Å². The van der Waals surface area contributed by atoms with E-state index in [4.69, 9.17) is 10.5 Å². The molecule has 13 heavy (non-hydrogen) atoms. The van der Waals surface area contributed by atoms with Crippen LogP contribution in [0.1, 0.15) is 18.7 Å². The van der Waals surface area contributed by atoms with E-state index < -0.39 is 0 Å². The molecule has 1 rings (SSSR count). The normalized spacial score (nSPS) is 12.8. The number of hydrogen-bond donors (Lipinski definition) is 1. The minimum absolute atomic E-state index is 0.0851. The second-order valence-corrected chi connectivity index (χ2v) is 3.50. The van der Waals surface area contributed by atoms with E-state index in [0.29, 0.717) is 13.2 Å². The number of aromatic nitrogens is 1. The summed E-state index contributed by atoms with van der Waals surface area (Å²) in [6, 6.07) is 3.85. The van der Waals surface area contributed by atoms with Gasteiger partial charge >= 0.3 is 0 Å². The maximum absolute atomic E-state index is 5.55. The lowest BCUT2D eigenvalue weighted by Crippen LogP contribution is -2.16. The molecule has 2 N–H and O–H groups in total. The molecule has 1 atom stereocenters. The monoisotopic (exact) mass is 244 g/mol. The van der Waals surface area contributed by atoms with Crippen LogP contribution in [-0.4, -0.2) is 18.1 Å². The zero-order valence-electron chi connectivity index (χ0n) is 7.53. The zero-order valence-corrected chi connectivity index (χ0v) is 9.12. The average molecular weight is 245 g/mol. The maximum atomic E-state index is 5.55. The second kappa shape index (κ2) is 5.32. The fraction of sp³-hybridized carbons (Fsp3) is 0.444. The summed E-state index contributed by atoms with van der Waals surface area (Å²) in [7, 11) is 0. The lowest BCUT2D eigenvalue weighted by molar-refractivity contribution is 0.0658. The van der Waals surface area contributed by atoms with Crippen molar-refractivity contribution in [2.45, 2.75) is 13.0 Å². The lowest BCUT2D eigenvalue weighted by Gasteiger charge is -2.13. The molecule has 0 amide bonds. The van der Waals surface area contributed by atoms with Gasteiger partial charge in [-0.2, -0.15) is 0 Å². The smallest absolute Gasteiger partial charge is 0.112 e. The zero-order chi connectivity index (χ0) is 9.68. The topological polar surface area (TPSA) is 48.1 Å². The molecule has 0 fully saturated rings. The Morgan fingerprint density at radius 1 is 1.62 bits per heavy atom. The van der Waals surface area contributed by atoms with Gasteiger partial charge in [-0.1, -0.05) is 0 Å². The Hall–Kier alpha value is -0.450. The third-order valence-corrected chi connectivity index (χ3v) is 2.13. The van der Waals surface area contributed by atoms with Crippen LogP contribution in [0.15, 0.2) is 22.8 Å². The molecule has 3 nitrogen and oxygen atoms in total. The number of nitrogens with two attached hydrogens (primary N) is 1. The number of ether oxygens (including phenoxy) is 1. The number of nitrogens with zero attached hydrogens (tertiary/aromatic N) is 1. The van der Waals surface area contributed by atoms with Crippen molar-refractivity contribution in [1.29, 1.82) is 0 Å². The Morgan fingerprint density at radius 3 is 2.85 bits per heavy atom. The van der Waals surface area contributed by atoms with Crippen LogP contribution in [-0.2, 0) is 4.74 Å². The van der Waals surface area contributed by atoms with Crippen molar-refractivity contribution >= 4 is 15.9 Å². The molecule has 0 saturated heterocycles. The van der Waals surface area contributed by atoms with Crippen molar-refractivity contribution in [3.05, 3.63) is 28.5 Å². The molecular formula is C9H13BrN2O. The highest BCUT2D eigenvalue weighted by atomic mass is 79.9. The first kappa shape index (κ1) is 10.6. The molecule has 0 aliphatic carbocycles. The summed E-state index contributed by atoms with van der Waals surface area (Å²) in [5.41, 5.74) is 6.43. The van der Waals surface area contributed by atoms with E-state index in [1.54, 1.807) is 6.20 Å². The summed E-state index contributed by atoms with van der Waals surface area (Å²) in [4.78, 5) is 4.22. The summed E-state index contributed by atoms with van der Waals surface area (Å²) in [6.07, 6.45) is 1.66. The molecule has 0 aliphatic rings. The van der Waals surface area contributed by atoms with Gasteiger partial charge < -0.3 is 10.5 Å². The highest BCUT2D eigenvalue weighted by molar-refractivity contribution is 9.10. The van der Waals surface area contributed by atoms with E-state index in [1.807, 2.05) is 19.1 Å². The minimum atomic E-state index is -0.0851. The molecule has 1 heterocycles. The van der Waals surface area contributed by atoms with Gasteiger partial charge in [0.15, 0.2) is 0 Å². The van der Waals surface area contributed by atoms with Gasteiger partial charge in [0, 0.05) is 23.8 Å². The van der Waals surface area contributed by atoms with Crippen molar-refractivity contribution in [1.82, 2.24) is 4.98 Å². The molecule has 1 aromatic rings. The Morgan fingerprint density at radius 2 is 2.38 bits per heavy atom. The van der Waals surface area contributed by atoms with Crippen molar-refractivity contribution in [2.75, 3.05) is 13.2 Å². The molecule has 1 aromatic heterocycles. The van der Waals surface area contributed by atoms with Gasteiger partial charge in [-0.3, -0.25) is 4.98 Å². The summed E-state index contributed by atoms with van der Waals surface area (Å²) in [6.45, 7) is 3.06. The molecule has 1 unspecified atom stereocenters. The van der Waals surface area contributed by atoms with Crippen LogP contribution in [0.5, 0.6) is 0 Å². The van der Waals surface area contributed by atoms with Gasteiger partial charge in [-0.05, 0) is 35.0 Å². The van der Waals surface area contributed by atoms with Crippen molar-refractivity contribution in [3.8, 4) is 0 Å². The number of pyridine rings is 1. The van der Waals surface area contributed by atoms with E-state index >= 15 is 0 Å². The average Bonchev–Trinajstić information content (AvgIpc) is 2.16. The molecule has 0 saturated carbocycles. The van der Waals surface area contributed by atoms with Gasteiger partial charge in [0.25, 0.3) is 0 Å². The van der Waals surface area contributed by atoms with Crippen LogP contribution in [0.3, 0.4) is 0 Å². The summed E-state index contributed by atoms with van der Waals surface area (Å²) < 4.78 is 6.38. The van der Waals surface area contributed by atoms with Gasteiger partial charge in [-0.25, -0.2) is 0 Å². The minimum Gasteiger partial charge on any atom is -0.371 e. The fourth-order valence-electron chi connectivity index (χ4n) is 1.05. The van der Waals surface area contributed by atoms with Crippen LogP contribution in [0.4, 0.5) is 0 Å². The van der Waals surface area contributed by atoms with Crippen LogP contribution in [0, 0.1) is 0 Å². The van der Waals surface area contributed by atoms with E-state index in [9.17, 15) is 0 Å². The molecule has 0 aromatic carbocycles. The van der Waals surface area contributed by atoms with Gasteiger partial charge in [-0.15, -0.1) is 0 Å². The van der Waals surface area contributed by atoms with Crippen molar-refractivity contribution < 1.29 is 4.74 Å². The Bertz CT molecular complexity index is 250. The van der Waals surface area contributed by atoms with Crippen molar-refractivity contribution in [2.24, 2.45) is 5.73 Å². The summed E-state index contributed by atoms with van der Waals surface area (Å²) >= 11 is 3.32. The van der Waals surface area contributed by atoms with Gasteiger partial charge in [0.05, 0.1) is 5.69 Å². The summed E-state index contributed by atoms with van der Waals surface area (Å²) in [5, 5.41) is 0. The first-order valence-corrected chi connectivity index (χ1v) is 5.00. The van der Waals surface area contributed by atoms with E-state index in [-0.39, 0.29) is 6.10 Å². The fourth-order valence-corrected chi connectivity index (χ4v) is 1.29. The lowest BCUT2D eigenvalue weighted by atomic mass is 10.2. The maximum Gasteiger partial charge on any atom is 0.112 e. The SMILES string of the molecule is CCOC(CN)c1ccc(Br)cn1. The second-order valence-electron chi connectivity index (χ2n) is 2.58. The van der Waals surface area contributed by atoms with E-state index in [1.165, 1.54) is 0 Å². The Kier molecular flexibility index (Phi) is 4.35. The molecular weight excluding hydrogens is 232 g/mol. The quantitative estimate of drug-likeness (QED) is 0.880. The predicted octanol–water partition coefficient (Wildman–Crippen LogP) is 1.88. The molecule has 0 radical (unpaired) electrons.